The van der Waals surface area contributed by atoms with Crippen molar-refractivity contribution in [1.29, 1.82) is 0 Å². The van der Waals surface area contributed by atoms with Gasteiger partial charge >= 0.3 is 5.97 Å². The molecule has 3 N–H and O–H groups in total. The molecular weight excluding hydrogens is 248 g/mol. The van der Waals surface area contributed by atoms with Gasteiger partial charge in [-0.2, -0.15) is 17.4 Å². The molecule has 0 spiro atoms. The van der Waals surface area contributed by atoms with Gasteiger partial charge in [0.1, 0.15) is 0 Å². The van der Waals surface area contributed by atoms with Crippen LogP contribution in [0.2, 0.25) is 0 Å². The molecule has 0 aromatic carbocycles. The van der Waals surface area contributed by atoms with Gasteiger partial charge in [-0.3, -0.25) is 4.79 Å². The Labute approximate surface area is 101 Å². The minimum Gasteiger partial charge on any atom is -0.481 e. The van der Waals surface area contributed by atoms with Gasteiger partial charge in [-0.1, -0.05) is 0 Å². The molecule has 2 atom stereocenters. The van der Waals surface area contributed by atoms with E-state index in [9.17, 15) is 13.2 Å². The van der Waals surface area contributed by atoms with Gasteiger partial charge in [-0.15, -0.1) is 0 Å². The first-order valence-corrected chi connectivity index (χ1v) is 6.92. The van der Waals surface area contributed by atoms with Crippen molar-refractivity contribution in [2.45, 2.75) is 25.8 Å². The Hall–Kier alpha value is -0.700. The summed E-state index contributed by atoms with van der Waals surface area (Å²) in [6, 6.07) is -0.579. The van der Waals surface area contributed by atoms with Crippen molar-refractivity contribution in [2.24, 2.45) is 5.92 Å². The van der Waals surface area contributed by atoms with Crippen molar-refractivity contribution in [3.63, 3.8) is 0 Å². The van der Waals surface area contributed by atoms with E-state index in [4.69, 9.17) is 10.2 Å². The summed E-state index contributed by atoms with van der Waals surface area (Å²) in [5, 5.41) is 17.7. The van der Waals surface area contributed by atoms with Gasteiger partial charge in [0.15, 0.2) is 0 Å². The summed E-state index contributed by atoms with van der Waals surface area (Å²) in [5.74, 6) is -1.62. The van der Waals surface area contributed by atoms with Crippen LogP contribution < -0.4 is 4.72 Å². The molecule has 0 bridgehead atoms. The molecule has 0 radical (unpaired) electrons. The molecular formula is C9H18N2O5S. The number of nitrogens with one attached hydrogen (secondary N) is 1. The maximum atomic E-state index is 11.8. The van der Waals surface area contributed by atoms with E-state index in [1.807, 2.05) is 0 Å². The third kappa shape index (κ3) is 3.91. The van der Waals surface area contributed by atoms with Gasteiger partial charge in [-0.05, 0) is 19.8 Å². The molecule has 8 heteroatoms. The number of nitrogens with zero attached hydrogens (tertiary/aromatic N) is 1. The van der Waals surface area contributed by atoms with E-state index >= 15 is 0 Å². The number of piperidine rings is 1. The summed E-state index contributed by atoms with van der Waals surface area (Å²) >= 11 is 0. The van der Waals surface area contributed by atoms with Crippen LogP contribution in [0.4, 0.5) is 0 Å². The summed E-state index contributed by atoms with van der Waals surface area (Å²) in [7, 11) is -3.70. The van der Waals surface area contributed by atoms with Crippen LogP contribution in [0.5, 0.6) is 0 Å². The number of aliphatic hydroxyl groups is 1. The maximum absolute atomic E-state index is 11.8. The van der Waals surface area contributed by atoms with Crippen LogP contribution in [-0.4, -0.2) is 54.6 Å². The second-order valence-electron chi connectivity index (χ2n) is 4.24. The van der Waals surface area contributed by atoms with Crippen LogP contribution in [0.3, 0.4) is 0 Å². The summed E-state index contributed by atoms with van der Waals surface area (Å²) in [4.78, 5) is 10.8. The molecule has 7 nitrogen and oxygen atoms in total. The minimum atomic E-state index is -3.70. The van der Waals surface area contributed by atoms with E-state index < -0.39 is 28.1 Å². The lowest BCUT2D eigenvalue weighted by molar-refractivity contribution is -0.142. The first kappa shape index (κ1) is 14.4. The molecule has 1 aliphatic rings. The lowest BCUT2D eigenvalue weighted by Gasteiger charge is -2.30. The number of aliphatic carboxylic acids is 1. The summed E-state index contributed by atoms with van der Waals surface area (Å²) in [5.41, 5.74) is 0. The molecule has 0 aromatic rings. The number of hydrogen-bond donors (Lipinski definition) is 3. The van der Waals surface area contributed by atoms with Crippen molar-refractivity contribution in [3.05, 3.63) is 0 Å². The maximum Gasteiger partial charge on any atom is 0.307 e. The Morgan fingerprint density at radius 3 is 2.76 bits per heavy atom. The second-order valence-corrected chi connectivity index (χ2v) is 5.94. The molecule has 0 aliphatic carbocycles. The fourth-order valence-corrected chi connectivity index (χ4v) is 3.21. The molecule has 0 aromatic heterocycles. The van der Waals surface area contributed by atoms with E-state index in [0.29, 0.717) is 19.4 Å². The van der Waals surface area contributed by atoms with Gasteiger partial charge in [0.2, 0.25) is 0 Å². The Morgan fingerprint density at radius 2 is 2.24 bits per heavy atom. The highest BCUT2D eigenvalue weighted by Crippen LogP contribution is 2.18. The molecule has 0 saturated carbocycles. The fourth-order valence-electron chi connectivity index (χ4n) is 1.73. The number of carboxylic acids is 1. The van der Waals surface area contributed by atoms with Gasteiger partial charge in [0.25, 0.3) is 10.2 Å². The molecule has 1 rings (SSSR count). The lowest BCUT2D eigenvalue weighted by Crippen LogP contribution is -2.50. The molecule has 1 aliphatic heterocycles. The van der Waals surface area contributed by atoms with Crippen molar-refractivity contribution in [3.8, 4) is 0 Å². The molecule has 1 heterocycles. The Bertz CT molecular complexity index is 370. The highest BCUT2D eigenvalue weighted by atomic mass is 32.2. The largest absolute Gasteiger partial charge is 0.481 e. The summed E-state index contributed by atoms with van der Waals surface area (Å²) in [6.45, 7) is 1.55. The first-order chi connectivity index (χ1) is 7.86. The zero-order chi connectivity index (χ0) is 13.1. The average Bonchev–Trinajstić information content (AvgIpc) is 2.28. The van der Waals surface area contributed by atoms with E-state index in [1.165, 1.54) is 6.92 Å². The lowest BCUT2D eigenvalue weighted by atomic mass is 10.0. The minimum absolute atomic E-state index is 0.0111. The number of aliphatic hydroxyl groups excluding tert-OH is 1. The number of rotatable bonds is 5. The van der Waals surface area contributed by atoms with Crippen molar-refractivity contribution in [1.82, 2.24) is 9.03 Å². The molecule has 0 amide bonds. The first-order valence-electron chi connectivity index (χ1n) is 5.48. The molecule has 100 valence electrons. The Balaban J connectivity index is 2.68. The third-order valence-corrected chi connectivity index (χ3v) is 4.41. The monoisotopic (exact) mass is 266 g/mol. The molecule has 17 heavy (non-hydrogen) atoms. The quantitative estimate of drug-likeness (QED) is 0.591. The number of carbonyl (C=O) groups is 1. The molecule has 1 fully saturated rings. The Kier molecular flexibility index (Phi) is 4.87. The predicted molar refractivity (Wildman–Crippen MR) is 60.5 cm³/mol. The van der Waals surface area contributed by atoms with Gasteiger partial charge in [0.05, 0.1) is 12.5 Å². The van der Waals surface area contributed by atoms with Crippen LogP contribution in [0.15, 0.2) is 0 Å². The van der Waals surface area contributed by atoms with E-state index in [1.54, 1.807) is 0 Å². The second kappa shape index (κ2) is 5.76. The van der Waals surface area contributed by atoms with Crippen LogP contribution >= 0.6 is 0 Å². The van der Waals surface area contributed by atoms with E-state index in [0.717, 1.165) is 4.31 Å². The average molecular weight is 266 g/mol. The van der Waals surface area contributed by atoms with Crippen LogP contribution in [0, 0.1) is 5.92 Å². The SMILES string of the molecule is CC(CO)NS(=O)(=O)N1CCCC(C(=O)O)C1. The number of carboxylic acid groups (broad SMARTS) is 1. The summed E-state index contributed by atoms with van der Waals surface area (Å²) in [6.07, 6.45) is 1.03. The fraction of sp³-hybridized carbons (Fsp3) is 0.889. The summed E-state index contributed by atoms with van der Waals surface area (Å²) < 4.78 is 27.1. The van der Waals surface area contributed by atoms with Crippen molar-refractivity contribution in [2.75, 3.05) is 19.7 Å². The Morgan fingerprint density at radius 1 is 1.59 bits per heavy atom. The van der Waals surface area contributed by atoms with Crippen LogP contribution in [0.1, 0.15) is 19.8 Å². The highest BCUT2D eigenvalue weighted by Gasteiger charge is 2.32. The molecule has 1 saturated heterocycles. The van der Waals surface area contributed by atoms with E-state index in [2.05, 4.69) is 4.72 Å². The smallest absolute Gasteiger partial charge is 0.307 e. The highest BCUT2D eigenvalue weighted by molar-refractivity contribution is 7.87. The zero-order valence-electron chi connectivity index (χ0n) is 9.66. The molecule has 2 unspecified atom stereocenters. The topological polar surface area (TPSA) is 107 Å². The number of hydrogen-bond acceptors (Lipinski definition) is 4. The van der Waals surface area contributed by atoms with Gasteiger partial charge < -0.3 is 10.2 Å². The van der Waals surface area contributed by atoms with Gasteiger partial charge in [0, 0.05) is 19.1 Å². The van der Waals surface area contributed by atoms with Crippen molar-refractivity contribution < 1.29 is 23.4 Å². The van der Waals surface area contributed by atoms with Crippen LogP contribution in [0.25, 0.3) is 0 Å². The van der Waals surface area contributed by atoms with E-state index in [-0.39, 0.29) is 13.2 Å². The van der Waals surface area contributed by atoms with Crippen molar-refractivity contribution >= 4 is 16.2 Å². The van der Waals surface area contributed by atoms with Gasteiger partial charge in [-0.25, -0.2) is 0 Å². The van der Waals surface area contributed by atoms with Crippen LogP contribution in [-0.2, 0) is 15.0 Å². The third-order valence-electron chi connectivity index (χ3n) is 2.70. The standard InChI is InChI=1S/C9H18N2O5S/c1-7(6-12)10-17(15,16)11-4-2-3-8(5-11)9(13)14/h7-8,10,12H,2-6H2,1H3,(H,13,14). The zero-order valence-corrected chi connectivity index (χ0v) is 10.5. The predicted octanol–water partition coefficient (Wildman–Crippen LogP) is -1.00. The normalized spacial score (nSPS) is 24.5.